The van der Waals surface area contributed by atoms with Gasteiger partial charge in [0.25, 0.3) is 0 Å². The fourth-order valence-electron chi connectivity index (χ4n) is 10.5. The Hall–Kier alpha value is -0.410. The van der Waals surface area contributed by atoms with Gasteiger partial charge in [-0.3, -0.25) is 0 Å². The van der Waals surface area contributed by atoms with Crippen LogP contribution in [0.1, 0.15) is 83.6 Å². The predicted octanol–water partition coefficient (Wildman–Crippen LogP) is 7.00. The van der Waals surface area contributed by atoms with E-state index in [2.05, 4.69) is 31.1 Å². The van der Waals surface area contributed by atoms with Crippen molar-refractivity contribution in [3.63, 3.8) is 0 Å². The van der Waals surface area contributed by atoms with E-state index >= 15 is 0 Å². The van der Waals surface area contributed by atoms with Gasteiger partial charge in [0.05, 0.1) is 11.1 Å². The maximum Gasteiger partial charge on any atom is 0.0924 e. The lowest BCUT2D eigenvalue weighted by atomic mass is 9.45. The number of fused-ring (bicyclic) bond motifs is 4. The molecule has 10 atom stereocenters. The van der Waals surface area contributed by atoms with Gasteiger partial charge in [-0.2, -0.15) is 0 Å². The quantitative estimate of drug-likeness (QED) is 0.505. The zero-order valence-corrected chi connectivity index (χ0v) is 20.3. The van der Waals surface area contributed by atoms with E-state index < -0.39 is 0 Å². The van der Waals surface area contributed by atoms with Crippen LogP contribution in [0.15, 0.2) is 11.6 Å². The highest BCUT2D eigenvalue weighted by Crippen LogP contribution is 2.82. The molecular formula is C27H41NOS. The molecule has 0 saturated heterocycles. The molecule has 0 amide bonds. The van der Waals surface area contributed by atoms with Crippen molar-refractivity contribution in [2.45, 2.75) is 91.1 Å². The molecule has 1 heterocycles. The second kappa shape index (κ2) is 6.80. The topological polar surface area (TPSA) is 22.1 Å². The summed E-state index contributed by atoms with van der Waals surface area (Å²) in [7, 11) is 2.02. The third-order valence-corrected chi connectivity index (χ3v) is 12.7. The van der Waals surface area contributed by atoms with Crippen molar-refractivity contribution in [1.29, 1.82) is 0 Å². The summed E-state index contributed by atoms with van der Waals surface area (Å²) < 4.78 is 6.29. The SMILES string of the molecule is CO[C@@H]1C[C@H]2[C@@H]3CC[C@H]([C@H](C)CCc4nccs4)[C@@]3(C)CC[C@@H]2[C@@]2(C)CC[C@@H]3CC312. The van der Waals surface area contributed by atoms with Gasteiger partial charge in [-0.05, 0) is 111 Å². The highest BCUT2D eigenvalue weighted by atomic mass is 32.1. The fourth-order valence-corrected chi connectivity index (χ4v) is 11.1. The molecule has 0 bridgehead atoms. The first-order valence-corrected chi connectivity index (χ1v) is 13.7. The molecule has 0 radical (unpaired) electrons. The molecule has 5 aliphatic carbocycles. The summed E-state index contributed by atoms with van der Waals surface area (Å²) in [5.74, 6) is 5.55. The summed E-state index contributed by atoms with van der Waals surface area (Å²) in [5, 5.41) is 3.46. The third kappa shape index (κ3) is 2.49. The molecule has 0 N–H and O–H groups in total. The number of hydrogen-bond acceptors (Lipinski definition) is 3. The number of rotatable bonds is 5. The van der Waals surface area contributed by atoms with Crippen molar-refractivity contribution in [1.82, 2.24) is 4.98 Å². The second-order valence-electron chi connectivity index (χ2n) is 12.4. The Balaban J connectivity index is 1.23. The van der Waals surface area contributed by atoms with E-state index in [1.165, 1.54) is 69.2 Å². The molecule has 5 saturated carbocycles. The number of thiazole rings is 1. The summed E-state index contributed by atoms with van der Waals surface area (Å²) in [6.45, 7) is 7.96. The molecule has 5 fully saturated rings. The summed E-state index contributed by atoms with van der Waals surface area (Å²) in [5.41, 5.74) is 1.69. The number of hydrogen-bond donors (Lipinski definition) is 0. The van der Waals surface area contributed by atoms with Gasteiger partial charge in [0.15, 0.2) is 0 Å². The van der Waals surface area contributed by atoms with Crippen LogP contribution in [0.5, 0.6) is 0 Å². The minimum absolute atomic E-state index is 0.542. The standard InChI is InChI=1S/C27H41NOS/c1-17(5-8-24-28-13-14-30-24)20-6-7-21-19-15-23(29-4)27-16-18(27)9-12-26(27,3)22(19)10-11-25(20,21)2/h13-14,17-23H,5-12,15-16H2,1-4H3/t17-,18-,19+,20-,21+,22+,23-,25-,26-,27?/m1/s1. The normalized spacial score (nSPS) is 52.3. The molecule has 1 spiro atoms. The average molecular weight is 428 g/mol. The number of nitrogens with zero attached hydrogens (tertiary/aromatic N) is 1. The summed E-state index contributed by atoms with van der Waals surface area (Å²) in [4.78, 5) is 4.54. The van der Waals surface area contributed by atoms with Crippen LogP contribution in [0.25, 0.3) is 0 Å². The zero-order valence-electron chi connectivity index (χ0n) is 19.5. The molecule has 1 unspecified atom stereocenters. The van der Waals surface area contributed by atoms with Gasteiger partial charge >= 0.3 is 0 Å². The number of aromatic nitrogens is 1. The molecule has 2 nitrogen and oxygen atoms in total. The molecule has 5 aliphatic rings. The van der Waals surface area contributed by atoms with Crippen LogP contribution in [0.4, 0.5) is 0 Å². The second-order valence-corrected chi connectivity index (χ2v) is 13.4. The molecule has 30 heavy (non-hydrogen) atoms. The summed E-state index contributed by atoms with van der Waals surface area (Å²) in [6.07, 6.45) is 16.7. The molecule has 166 valence electrons. The van der Waals surface area contributed by atoms with Gasteiger partial charge in [-0.15, -0.1) is 11.3 Å². The van der Waals surface area contributed by atoms with Crippen molar-refractivity contribution >= 4 is 11.3 Å². The van der Waals surface area contributed by atoms with E-state index in [-0.39, 0.29) is 0 Å². The van der Waals surface area contributed by atoms with Crippen molar-refractivity contribution in [2.24, 2.45) is 51.8 Å². The van der Waals surface area contributed by atoms with Crippen molar-refractivity contribution in [3.05, 3.63) is 16.6 Å². The van der Waals surface area contributed by atoms with Crippen molar-refractivity contribution in [3.8, 4) is 0 Å². The van der Waals surface area contributed by atoms with Gasteiger partial charge in [-0.25, -0.2) is 4.98 Å². The first-order valence-electron chi connectivity index (χ1n) is 12.8. The molecule has 6 rings (SSSR count). The minimum atomic E-state index is 0.542. The monoisotopic (exact) mass is 427 g/mol. The minimum Gasteiger partial charge on any atom is -0.381 e. The van der Waals surface area contributed by atoms with E-state index in [0.717, 1.165) is 35.5 Å². The fraction of sp³-hybridized carbons (Fsp3) is 0.889. The summed E-state index contributed by atoms with van der Waals surface area (Å²) in [6, 6.07) is 0. The van der Waals surface area contributed by atoms with Crippen LogP contribution < -0.4 is 0 Å². The summed E-state index contributed by atoms with van der Waals surface area (Å²) >= 11 is 1.83. The molecule has 0 aliphatic heterocycles. The lowest BCUT2D eigenvalue weighted by Gasteiger charge is -2.61. The Morgan fingerprint density at radius 3 is 2.77 bits per heavy atom. The van der Waals surface area contributed by atoms with Crippen LogP contribution in [-0.4, -0.2) is 18.2 Å². The van der Waals surface area contributed by atoms with E-state index in [1.807, 2.05) is 24.6 Å². The van der Waals surface area contributed by atoms with Crippen LogP contribution in [0.2, 0.25) is 0 Å². The molecule has 1 aromatic heterocycles. The Kier molecular flexibility index (Phi) is 4.58. The van der Waals surface area contributed by atoms with E-state index in [1.54, 1.807) is 0 Å². The van der Waals surface area contributed by atoms with Crippen LogP contribution in [-0.2, 0) is 11.2 Å². The zero-order chi connectivity index (χ0) is 20.7. The predicted molar refractivity (Wildman–Crippen MR) is 123 cm³/mol. The first kappa shape index (κ1) is 20.2. The largest absolute Gasteiger partial charge is 0.381 e. The van der Waals surface area contributed by atoms with Gasteiger partial charge in [0.2, 0.25) is 0 Å². The highest BCUT2D eigenvalue weighted by Gasteiger charge is 2.77. The van der Waals surface area contributed by atoms with Crippen LogP contribution in [0, 0.1) is 51.8 Å². The average Bonchev–Trinajstić information content (AvgIpc) is 3.05. The maximum atomic E-state index is 6.29. The van der Waals surface area contributed by atoms with Crippen LogP contribution >= 0.6 is 11.3 Å². The van der Waals surface area contributed by atoms with Crippen molar-refractivity contribution < 1.29 is 4.74 Å². The first-order chi connectivity index (χ1) is 14.4. The van der Waals surface area contributed by atoms with E-state index in [4.69, 9.17) is 4.74 Å². The number of ether oxygens (including phenoxy) is 1. The lowest BCUT2D eigenvalue weighted by Crippen LogP contribution is -2.57. The lowest BCUT2D eigenvalue weighted by molar-refractivity contribution is -0.161. The Morgan fingerprint density at radius 1 is 1.17 bits per heavy atom. The number of aryl methyl sites for hydroxylation is 1. The Labute approximate surface area is 187 Å². The van der Waals surface area contributed by atoms with Crippen LogP contribution in [0.3, 0.4) is 0 Å². The maximum absolute atomic E-state index is 6.29. The highest BCUT2D eigenvalue weighted by molar-refractivity contribution is 7.09. The Morgan fingerprint density at radius 2 is 2.03 bits per heavy atom. The molecule has 3 heteroatoms. The van der Waals surface area contributed by atoms with Gasteiger partial charge in [0.1, 0.15) is 0 Å². The van der Waals surface area contributed by atoms with Crippen molar-refractivity contribution in [2.75, 3.05) is 7.11 Å². The molecule has 0 aromatic carbocycles. The Bertz CT molecular complexity index is 793. The van der Waals surface area contributed by atoms with Gasteiger partial charge in [-0.1, -0.05) is 20.8 Å². The number of methoxy groups -OCH3 is 1. The third-order valence-electron chi connectivity index (χ3n) is 11.9. The van der Waals surface area contributed by atoms with Gasteiger partial charge < -0.3 is 4.74 Å². The molecule has 1 aromatic rings. The smallest absolute Gasteiger partial charge is 0.0924 e. The van der Waals surface area contributed by atoms with E-state index in [9.17, 15) is 0 Å². The van der Waals surface area contributed by atoms with E-state index in [0.29, 0.717) is 22.3 Å². The van der Waals surface area contributed by atoms with Gasteiger partial charge in [0, 0.05) is 24.1 Å². The molecular weight excluding hydrogens is 386 g/mol.